The van der Waals surface area contributed by atoms with Crippen molar-refractivity contribution in [2.24, 2.45) is 7.05 Å². The molecule has 10 nitrogen and oxygen atoms in total. The lowest BCUT2D eigenvalue weighted by Gasteiger charge is -2.40. The van der Waals surface area contributed by atoms with Crippen molar-refractivity contribution in [2.75, 3.05) is 12.4 Å². The van der Waals surface area contributed by atoms with E-state index in [9.17, 15) is 4.79 Å². The number of fused-ring (bicyclic) bond motifs is 1. The topological polar surface area (TPSA) is 114 Å². The van der Waals surface area contributed by atoms with Gasteiger partial charge in [0, 0.05) is 57.1 Å². The highest BCUT2D eigenvalue weighted by molar-refractivity contribution is 5.97. The van der Waals surface area contributed by atoms with E-state index in [4.69, 9.17) is 4.74 Å². The molecule has 4 heterocycles. The summed E-state index contributed by atoms with van der Waals surface area (Å²) >= 11 is 0. The van der Waals surface area contributed by atoms with Gasteiger partial charge in [-0.1, -0.05) is 12.6 Å². The predicted molar refractivity (Wildman–Crippen MR) is 124 cm³/mol. The zero-order valence-electron chi connectivity index (χ0n) is 18.4. The van der Waals surface area contributed by atoms with E-state index in [-0.39, 0.29) is 18.1 Å². The number of aromatic amines is 1. The Balaban J connectivity index is 1.47. The van der Waals surface area contributed by atoms with Crippen LogP contribution >= 0.6 is 0 Å². The van der Waals surface area contributed by atoms with Crippen molar-refractivity contribution in [3.63, 3.8) is 0 Å². The first-order valence-corrected chi connectivity index (χ1v) is 10.6. The Morgan fingerprint density at radius 3 is 2.91 bits per heavy atom. The summed E-state index contributed by atoms with van der Waals surface area (Å²) in [5.74, 6) is 0.776. The fourth-order valence-corrected chi connectivity index (χ4v) is 3.91. The fourth-order valence-electron chi connectivity index (χ4n) is 3.91. The lowest BCUT2D eigenvalue weighted by molar-refractivity contribution is -0.130. The van der Waals surface area contributed by atoms with Crippen LogP contribution < -0.4 is 10.1 Å². The Hall–Kier alpha value is -4.21. The summed E-state index contributed by atoms with van der Waals surface area (Å²) in [6, 6.07) is 5.86. The van der Waals surface area contributed by atoms with E-state index in [1.165, 1.54) is 6.08 Å². The van der Waals surface area contributed by atoms with Crippen molar-refractivity contribution in [3.8, 4) is 17.1 Å². The Kier molecular flexibility index (Phi) is 5.25. The molecule has 0 aromatic carbocycles. The Labute approximate surface area is 190 Å². The van der Waals surface area contributed by atoms with Gasteiger partial charge in [0.2, 0.25) is 17.7 Å². The van der Waals surface area contributed by atoms with Gasteiger partial charge in [0.15, 0.2) is 0 Å². The first kappa shape index (κ1) is 20.7. The number of likely N-dealkylation sites (N-methyl/N-ethyl adjacent to an activating group) is 1. The van der Waals surface area contributed by atoms with Crippen LogP contribution in [-0.2, 0) is 11.8 Å². The second-order valence-electron chi connectivity index (χ2n) is 8.04. The van der Waals surface area contributed by atoms with Gasteiger partial charge in [-0.3, -0.25) is 14.5 Å². The summed E-state index contributed by atoms with van der Waals surface area (Å²) in [5, 5.41) is 8.12. The van der Waals surface area contributed by atoms with Crippen LogP contribution in [0.15, 0.2) is 55.6 Å². The van der Waals surface area contributed by atoms with Crippen molar-refractivity contribution < 1.29 is 9.53 Å². The van der Waals surface area contributed by atoms with Gasteiger partial charge in [-0.15, -0.1) is 0 Å². The average Bonchev–Trinajstić information content (AvgIpc) is 3.41. The smallest absolute Gasteiger partial charge is 0.245 e. The van der Waals surface area contributed by atoms with Gasteiger partial charge < -0.3 is 19.9 Å². The number of carbonyl (C=O) groups excluding carboxylic acids is 1. The number of carbonyl (C=O) groups is 1. The minimum absolute atomic E-state index is 0.0640. The molecule has 0 aliphatic heterocycles. The quantitative estimate of drug-likeness (QED) is 0.421. The third kappa shape index (κ3) is 4.02. The molecule has 168 valence electrons. The molecule has 4 aromatic heterocycles. The monoisotopic (exact) mass is 444 g/mol. The number of aryl methyl sites for hydroxylation is 1. The predicted octanol–water partition coefficient (Wildman–Crippen LogP) is 3.05. The zero-order chi connectivity index (χ0) is 22.9. The van der Waals surface area contributed by atoms with Gasteiger partial charge in [0.25, 0.3) is 0 Å². The van der Waals surface area contributed by atoms with Crippen LogP contribution in [0.1, 0.15) is 12.8 Å². The van der Waals surface area contributed by atoms with Gasteiger partial charge in [-0.05, 0) is 18.2 Å². The number of pyridine rings is 1. The fraction of sp³-hybridized carbons (Fsp3) is 0.261. The summed E-state index contributed by atoms with van der Waals surface area (Å²) in [6.07, 6.45) is 9.85. The highest BCUT2D eigenvalue weighted by atomic mass is 16.5. The molecule has 1 fully saturated rings. The van der Waals surface area contributed by atoms with Gasteiger partial charge >= 0.3 is 0 Å². The number of anilines is 2. The number of rotatable bonds is 7. The largest absolute Gasteiger partial charge is 0.474 e. The van der Waals surface area contributed by atoms with Crippen molar-refractivity contribution in [1.82, 2.24) is 34.6 Å². The molecule has 0 radical (unpaired) electrons. The van der Waals surface area contributed by atoms with Gasteiger partial charge in [-0.25, -0.2) is 0 Å². The van der Waals surface area contributed by atoms with Crippen LogP contribution in [0.25, 0.3) is 22.3 Å². The third-order valence-electron chi connectivity index (χ3n) is 5.82. The highest BCUT2D eigenvalue weighted by Gasteiger charge is 2.36. The molecule has 10 heteroatoms. The number of nitrogens with one attached hydrogen (secondary N) is 2. The van der Waals surface area contributed by atoms with Crippen molar-refractivity contribution in [2.45, 2.75) is 25.0 Å². The molecule has 1 aliphatic rings. The number of H-pyrrole nitrogens is 1. The van der Waals surface area contributed by atoms with E-state index in [1.807, 2.05) is 37.6 Å². The summed E-state index contributed by atoms with van der Waals surface area (Å²) in [7, 11) is 3.63. The van der Waals surface area contributed by atoms with E-state index < -0.39 is 0 Å². The normalized spacial score (nSPS) is 17.4. The van der Waals surface area contributed by atoms with Crippen LogP contribution in [-0.4, -0.2) is 59.7 Å². The van der Waals surface area contributed by atoms with Crippen molar-refractivity contribution in [1.29, 1.82) is 0 Å². The second kappa shape index (κ2) is 8.38. The van der Waals surface area contributed by atoms with E-state index in [0.29, 0.717) is 17.5 Å². The third-order valence-corrected chi connectivity index (χ3v) is 5.82. The summed E-state index contributed by atoms with van der Waals surface area (Å²) < 4.78 is 8.03. The molecule has 0 atom stereocenters. The van der Waals surface area contributed by atoms with Crippen LogP contribution in [0, 0.1) is 0 Å². The maximum atomic E-state index is 11.9. The van der Waals surface area contributed by atoms with Crippen LogP contribution in [0.3, 0.4) is 0 Å². The van der Waals surface area contributed by atoms with Crippen molar-refractivity contribution in [3.05, 3.63) is 55.6 Å². The molecule has 0 unspecified atom stereocenters. The molecule has 0 saturated heterocycles. The summed E-state index contributed by atoms with van der Waals surface area (Å²) in [6.45, 7) is 3.56. The number of nitrogens with zero attached hydrogens (tertiary/aromatic N) is 6. The van der Waals surface area contributed by atoms with Gasteiger partial charge in [0.1, 0.15) is 11.8 Å². The minimum atomic E-state index is -0.0890. The molecule has 33 heavy (non-hydrogen) atoms. The molecule has 1 saturated carbocycles. The SMILES string of the molecule is C=CC(=O)N(C)C1CC(Oc2nc(Nc3cnn(C)c3)nc3[nH]cc(-c4ccccn4)c23)C1. The van der Waals surface area contributed by atoms with E-state index in [2.05, 4.69) is 36.9 Å². The molecule has 1 amide bonds. The van der Waals surface area contributed by atoms with Gasteiger partial charge in [0.05, 0.1) is 23.0 Å². The van der Waals surface area contributed by atoms with Crippen LogP contribution in [0.2, 0.25) is 0 Å². The van der Waals surface area contributed by atoms with Crippen molar-refractivity contribution >= 4 is 28.6 Å². The maximum absolute atomic E-state index is 11.9. The molecule has 0 bridgehead atoms. The molecule has 0 spiro atoms. The summed E-state index contributed by atoms with van der Waals surface area (Å²) in [5.41, 5.74) is 3.07. The van der Waals surface area contributed by atoms with Gasteiger partial charge in [-0.2, -0.15) is 15.1 Å². The number of ether oxygens (including phenoxy) is 1. The standard InChI is InChI=1S/C23H24N8O2/c1-4-19(32)31(3)15-9-16(10-15)33-22-20-17(18-7-5-6-8-24-18)12-25-21(20)28-23(29-22)27-14-11-26-30(2)13-14/h4-8,11-13,15-16H,1,9-10H2,2-3H3,(H2,25,27,28,29). The first-order chi connectivity index (χ1) is 16.0. The van der Waals surface area contributed by atoms with E-state index in [0.717, 1.165) is 35.2 Å². The highest BCUT2D eigenvalue weighted by Crippen LogP contribution is 2.37. The molecule has 4 aromatic rings. The number of amides is 1. The second-order valence-corrected chi connectivity index (χ2v) is 8.04. The molecule has 5 rings (SSSR count). The lowest BCUT2D eigenvalue weighted by Crippen LogP contribution is -2.49. The lowest BCUT2D eigenvalue weighted by atomic mass is 9.88. The first-order valence-electron chi connectivity index (χ1n) is 10.6. The Morgan fingerprint density at radius 1 is 1.36 bits per heavy atom. The Morgan fingerprint density at radius 2 is 2.21 bits per heavy atom. The molecular formula is C23H24N8O2. The van der Waals surface area contributed by atoms with Crippen LogP contribution in [0.4, 0.5) is 11.6 Å². The molecule has 2 N–H and O–H groups in total. The van der Waals surface area contributed by atoms with Crippen LogP contribution in [0.5, 0.6) is 5.88 Å². The summed E-state index contributed by atoms with van der Waals surface area (Å²) in [4.78, 5) is 30.6. The average molecular weight is 444 g/mol. The minimum Gasteiger partial charge on any atom is -0.474 e. The maximum Gasteiger partial charge on any atom is 0.245 e. The number of hydrogen-bond acceptors (Lipinski definition) is 7. The zero-order valence-corrected chi connectivity index (χ0v) is 18.4. The number of aromatic nitrogens is 6. The molecular weight excluding hydrogens is 420 g/mol. The van der Waals surface area contributed by atoms with E-state index in [1.54, 1.807) is 29.0 Å². The molecule has 1 aliphatic carbocycles. The van der Waals surface area contributed by atoms with E-state index >= 15 is 0 Å². The number of hydrogen-bond donors (Lipinski definition) is 2. The Bertz CT molecular complexity index is 1310.